The number of nitrogens with two attached hydrogens (primary N) is 1. The first-order valence-electron chi connectivity index (χ1n) is 5.53. The Labute approximate surface area is 102 Å². The zero-order chi connectivity index (χ0) is 12.3. The van der Waals surface area contributed by atoms with Crippen LogP contribution in [0, 0.1) is 6.92 Å². The molecule has 0 saturated carbocycles. The fraction of sp³-hybridized carbons (Fsp3) is 0.0667. The molecule has 2 heteroatoms. The smallest absolute Gasteiger partial charge is 0.0404 e. The van der Waals surface area contributed by atoms with Gasteiger partial charge in [-0.15, -0.1) is 0 Å². The molecular weight excluding hydrogens is 208 g/mol. The van der Waals surface area contributed by atoms with Gasteiger partial charge in [-0.1, -0.05) is 36.4 Å². The van der Waals surface area contributed by atoms with E-state index in [2.05, 4.69) is 31.0 Å². The van der Waals surface area contributed by atoms with Gasteiger partial charge < -0.3 is 11.1 Å². The van der Waals surface area contributed by atoms with E-state index in [1.54, 1.807) is 0 Å². The second-order valence-electron chi connectivity index (χ2n) is 4.10. The second kappa shape index (κ2) is 4.74. The van der Waals surface area contributed by atoms with Crippen molar-refractivity contribution in [1.82, 2.24) is 0 Å². The molecule has 0 radical (unpaired) electrons. The number of hydrogen-bond donors (Lipinski definition) is 2. The third-order valence-electron chi connectivity index (χ3n) is 2.55. The highest BCUT2D eigenvalue weighted by Crippen LogP contribution is 2.19. The summed E-state index contributed by atoms with van der Waals surface area (Å²) in [7, 11) is 0. The molecule has 2 aromatic rings. The molecule has 86 valence electrons. The predicted octanol–water partition coefficient (Wildman–Crippen LogP) is 3.66. The van der Waals surface area contributed by atoms with Crippen molar-refractivity contribution < 1.29 is 0 Å². The van der Waals surface area contributed by atoms with E-state index < -0.39 is 0 Å². The molecule has 17 heavy (non-hydrogen) atoms. The van der Waals surface area contributed by atoms with Crippen molar-refractivity contribution >= 4 is 17.1 Å². The van der Waals surface area contributed by atoms with Crippen LogP contribution in [0.2, 0.25) is 0 Å². The lowest BCUT2D eigenvalue weighted by atomic mass is 10.1. The summed E-state index contributed by atoms with van der Waals surface area (Å²) in [4.78, 5) is 0. The molecule has 0 saturated heterocycles. The number of aryl methyl sites for hydroxylation is 1. The summed E-state index contributed by atoms with van der Waals surface area (Å²) >= 11 is 0. The zero-order valence-corrected chi connectivity index (χ0v) is 9.90. The average molecular weight is 224 g/mol. The lowest BCUT2D eigenvalue weighted by Crippen LogP contribution is -1.98. The largest absolute Gasteiger partial charge is 0.399 e. The first kappa shape index (κ1) is 11.3. The molecule has 0 spiro atoms. The van der Waals surface area contributed by atoms with Crippen LogP contribution in [0.15, 0.2) is 55.1 Å². The molecule has 0 aliphatic heterocycles. The Bertz CT molecular complexity index is 544. The Hall–Kier alpha value is -2.22. The lowest BCUT2D eigenvalue weighted by Gasteiger charge is -2.10. The van der Waals surface area contributed by atoms with E-state index in [1.165, 1.54) is 5.56 Å². The molecule has 2 nitrogen and oxygen atoms in total. The lowest BCUT2D eigenvalue weighted by molar-refractivity contribution is 1.44. The number of nitrogens with one attached hydrogen (secondary N) is 1. The Morgan fingerprint density at radius 2 is 1.88 bits per heavy atom. The Morgan fingerprint density at radius 3 is 2.59 bits per heavy atom. The number of nitrogen functional groups attached to an aromatic ring is 1. The Balaban J connectivity index is 2.17. The van der Waals surface area contributed by atoms with Gasteiger partial charge in [-0.2, -0.15) is 0 Å². The number of hydrogen-bond acceptors (Lipinski definition) is 2. The van der Waals surface area contributed by atoms with E-state index in [4.69, 9.17) is 5.73 Å². The third-order valence-corrected chi connectivity index (χ3v) is 2.55. The van der Waals surface area contributed by atoms with Gasteiger partial charge in [0.1, 0.15) is 0 Å². The molecule has 0 atom stereocenters. The van der Waals surface area contributed by atoms with Crippen molar-refractivity contribution in [3.05, 3.63) is 66.2 Å². The monoisotopic (exact) mass is 224 g/mol. The molecule has 0 unspecified atom stereocenters. The summed E-state index contributed by atoms with van der Waals surface area (Å²) in [5.74, 6) is 0. The van der Waals surface area contributed by atoms with E-state index in [-0.39, 0.29) is 0 Å². The predicted molar refractivity (Wildman–Crippen MR) is 74.7 cm³/mol. The van der Waals surface area contributed by atoms with Gasteiger partial charge in [0.25, 0.3) is 0 Å². The summed E-state index contributed by atoms with van der Waals surface area (Å²) in [6.45, 7) is 6.11. The SMILES string of the molecule is C=C(Nc1cccc(N)c1)c1cccc(C)c1. The maximum absolute atomic E-state index is 5.73. The van der Waals surface area contributed by atoms with E-state index in [9.17, 15) is 0 Å². The van der Waals surface area contributed by atoms with Crippen molar-refractivity contribution in [3.8, 4) is 0 Å². The number of benzene rings is 2. The van der Waals surface area contributed by atoms with Gasteiger partial charge >= 0.3 is 0 Å². The maximum atomic E-state index is 5.73. The summed E-state index contributed by atoms with van der Waals surface area (Å²) in [5, 5.41) is 3.25. The first-order chi connectivity index (χ1) is 8.15. The number of rotatable bonds is 3. The minimum atomic E-state index is 0.743. The average Bonchev–Trinajstić information content (AvgIpc) is 2.29. The summed E-state index contributed by atoms with van der Waals surface area (Å²) in [6, 6.07) is 15.9. The van der Waals surface area contributed by atoms with Gasteiger partial charge in [0.05, 0.1) is 0 Å². The van der Waals surface area contributed by atoms with E-state index in [1.807, 2.05) is 36.4 Å². The van der Waals surface area contributed by atoms with Crippen LogP contribution >= 0.6 is 0 Å². The molecule has 0 amide bonds. The fourth-order valence-electron chi connectivity index (χ4n) is 1.70. The minimum absolute atomic E-state index is 0.743. The molecule has 0 aliphatic rings. The maximum Gasteiger partial charge on any atom is 0.0404 e. The standard InChI is InChI=1S/C15H16N2/c1-11-5-3-6-13(9-11)12(2)17-15-8-4-7-14(16)10-15/h3-10,17H,2,16H2,1H3. The quantitative estimate of drug-likeness (QED) is 0.781. The van der Waals surface area contributed by atoms with Crippen LogP contribution in [0.4, 0.5) is 11.4 Å². The van der Waals surface area contributed by atoms with Crippen LogP contribution in [-0.2, 0) is 0 Å². The normalized spacial score (nSPS) is 9.94. The van der Waals surface area contributed by atoms with Crippen molar-refractivity contribution in [3.63, 3.8) is 0 Å². The summed E-state index contributed by atoms with van der Waals surface area (Å²) < 4.78 is 0. The van der Waals surface area contributed by atoms with Gasteiger partial charge in [-0.25, -0.2) is 0 Å². The fourth-order valence-corrected chi connectivity index (χ4v) is 1.70. The van der Waals surface area contributed by atoms with Crippen LogP contribution in [0.5, 0.6) is 0 Å². The third kappa shape index (κ3) is 2.88. The summed E-state index contributed by atoms with van der Waals surface area (Å²) in [6.07, 6.45) is 0. The van der Waals surface area contributed by atoms with Crippen LogP contribution in [0.1, 0.15) is 11.1 Å². The molecular formula is C15H16N2. The van der Waals surface area contributed by atoms with Crippen LogP contribution in [-0.4, -0.2) is 0 Å². The van der Waals surface area contributed by atoms with Gasteiger partial charge in [0.15, 0.2) is 0 Å². The second-order valence-corrected chi connectivity index (χ2v) is 4.10. The van der Waals surface area contributed by atoms with Gasteiger partial charge in [-0.3, -0.25) is 0 Å². The van der Waals surface area contributed by atoms with Crippen molar-refractivity contribution in [2.24, 2.45) is 0 Å². The minimum Gasteiger partial charge on any atom is -0.399 e. The Morgan fingerprint density at radius 1 is 1.12 bits per heavy atom. The summed E-state index contributed by atoms with van der Waals surface area (Å²) in [5.41, 5.74) is 10.6. The molecule has 3 N–H and O–H groups in total. The first-order valence-corrected chi connectivity index (χ1v) is 5.53. The van der Waals surface area contributed by atoms with E-state index >= 15 is 0 Å². The molecule has 0 aromatic heterocycles. The van der Waals surface area contributed by atoms with E-state index in [0.717, 1.165) is 22.6 Å². The molecule has 0 heterocycles. The van der Waals surface area contributed by atoms with Crippen molar-refractivity contribution in [1.29, 1.82) is 0 Å². The molecule has 0 aliphatic carbocycles. The molecule has 0 fully saturated rings. The topological polar surface area (TPSA) is 38.0 Å². The van der Waals surface area contributed by atoms with Crippen molar-refractivity contribution in [2.75, 3.05) is 11.1 Å². The highest BCUT2D eigenvalue weighted by molar-refractivity contribution is 5.76. The highest BCUT2D eigenvalue weighted by atomic mass is 14.9. The Kier molecular flexibility index (Phi) is 3.15. The highest BCUT2D eigenvalue weighted by Gasteiger charge is 1.99. The molecule has 2 rings (SSSR count). The van der Waals surface area contributed by atoms with E-state index in [0.29, 0.717) is 0 Å². The van der Waals surface area contributed by atoms with Gasteiger partial charge in [0.2, 0.25) is 0 Å². The zero-order valence-electron chi connectivity index (χ0n) is 9.90. The van der Waals surface area contributed by atoms with Crippen molar-refractivity contribution in [2.45, 2.75) is 6.92 Å². The molecule has 2 aromatic carbocycles. The number of anilines is 2. The van der Waals surface area contributed by atoms with Crippen LogP contribution in [0.25, 0.3) is 5.70 Å². The van der Waals surface area contributed by atoms with Crippen LogP contribution < -0.4 is 11.1 Å². The van der Waals surface area contributed by atoms with Gasteiger partial charge in [0, 0.05) is 17.1 Å². The van der Waals surface area contributed by atoms with Crippen LogP contribution in [0.3, 0.4) is 0 Å². The van der Waals surface area contributed by atoms with Gasteiger partial charge in [-0.05, 0) is 36.8 Å². The molecule has 0 bridgehead atoms.